The van der Waals surface area contributed by atoms with Gasteiger partial charge in [0.1, 0.15) is 0 Å². The van der Waals surface area contributed by atoms with Crippen LogP contribution >= 0.6 is 0 Å². The van der Waals surface area contributed by atoms with E-state index in [1.165, 1.54) is 4.31 Å². The summed E-state index contributed by atoms with van der Waals surface area (Å²) in [6.07, 6.45) is 14.2. The topological polar surface area (TPSA) is 162 Å². The molecule has 14 heteroatoms. The molecular weight excluding hydrogens is 795 g/mol. The first-order valence-corrected chi connectivity index (χ1v) is 25.1. The van der Waals surface area contributed by atoms with Crippen molar-refractivity contribution in [2.24, 2.45) is 44.8 Å². The summed E-state index contributed by atoms with van der Waals surface area (Å²) in [6.45, 7) is 17.4. The van der Waals surface area contributed by atoms with Crippen LogP contribution in [0.1, 0.15) is 144 Å². The number of allylic oxidation sites excluding steroid dienone is 1. The Balaban J connectivity index is 1.14. The molecule has 342 valence electrons. The third kappa shape index (κ3) is 8.31. The van der Waals surface area contributed by atoms with E-state index in [9.17, 15) is 27.6 Å². The van der Waals surface area contributed by atoms with E-state index in [-0.39, 0.29) is 70.3 Å². The molecule has 3 amide bonds. The van der Waals surface area contributed by atoms with Crippen LogP contribution in [0.5, 0.6) is 0 Å². The molecule has 4 saturated carbocycles. The zero-order valence-corrected chi connectivity index (χ0v) is 38.8. The van der Waals surface area contributed by atoms with Crippen LogP contribution in [0.25, 0.3) is 0 Å². The highest BCUT2D eigenvalue weighted by atomic mass is 32.2. The molecule has 7 atom stereocenters. The highest BCUT2D eigenvalue weighted by Crippen LogP contribution is 2.88. The van der Waals surface area contributed by atoms with Crippen LogP contribution in [-0.2, 0) is 38.9 Å². The monoisotopic (exact) mass is 870 g/mol. The van der Waals surface area contributed by atoms with Crippen molar-refractivity contribution >= 4 is 39.5 Å². The quantitative estimate of drug-likeness (QED) is 0.178. The van der Waals surface area contributed by atoms with Crippen LogP contribution < -0.4 is 10.0 Å². The molecule has 0 aromatic heterocycles. The number of amides is 3. The molecule has 2 spiro atoms. The lowest BCUT2D eigenvalue weighted by atomic mass is 9.73. The molecule has 3 heterocycles. The summed E-state index contributed by atoms with van der Waals surface area (Å²) in [7, 11) is -2.41. The number of ketones is 2. The minimum absolute atomic E-state index is 0.0139. The molecule has 7 aliphatic rings. The number of methoxy groups -OCH3 is 1. The van der Waals surface area contributed by atoms with E-state index in [4.69, 9.17) is 4.74 Å². The summed E-state index contributed by atoms with van der Waals surface area (Å²) in [6, 6.07) is -1.86. The molecule has 7 fully saturated rings. The minimum atomic E-state index is -4.07. The van der Waals surface area contributed by atoms with Crippen molar-refractivity contribution in [1.82, 2.24) is 24.1 Å². The van der Waals surface area contributed by atoms with Crippen LogP contribution in [0.3, 0.4) is 0 Å². The zero-order chi connectivity index (χ0) is 44.2. The number of carbonyl (C=O) groups is 5. The van der Waals surface area contributed by atoms with Gasteiger partial charge in [-0.25, -0.2) is 4.72 Å². The summed E-state index contributed by atoms with van der Waals surface area (Å²) in [4.78, 5) is 77.2. The van der Waals surface area contributed by atoms with Gasteiger partial charge in [0.15, 0.2) is 11.6 Å². The Kier molecular flexibility index (Phi) is 13.2. The Morgan fingerprint density at radius 2 is 1.52 bits per heavy atom. The predicted octanol–water partition coefficient (Wildman–Crippen LogP) is 5.58. The lowest BCUT2D eigenvalue weighted by Crippen LogP contribution is -2.56. The molecule has 3 aliphatic heterocycles. The molecule has 7 rings (SSSR count). The maximum Gasteiger partial charge on any atom is 0.303 e. The Hall–Kier alpha value is -2.68. The van der Waals surface area contributed by atoms with Gasteiger partial charge in [-0.2, -0.15) is 12.7 Å². The number of carbonyl (C=O) groups excluding carboxylic acids is 5. The SMILES string of the molecule is C=C[C@@H]1C[C@]1(CC(=O)[C@@H]1C[C@@]2(CN1C(=O)[C@@H](CC(=O)[C@@H](NC(=O)[C@@H]1CCCCN1CCOC)C1CCCCC1)C(C)(C)C)C(C)(C)C21CCC1)C(=O)NS(=O)(=O)N1CCCC1. The van der Waals surface area contributed by atoms with E-state index in [1.807, 2.05) is 20.8 Å². The Morgan fingerprint density at radius 3 is 2.10 bits per heavy atom. The summed E-state index contributed by atoms with van der Waals surface area (Å²) < 4.78 is 35.4. The highest BCUT2D eigenvalue weighted by molar-refractivity contribution is 7.87. The molecule has 0 unspecified atom stereocenters. The van der Waals surface area contributed by atoms with Crippen molar-refractivity contribution in [3.8, 4) is 0 Å². The Labute approximate surface area is 365 Å². The van der Waals surface area contributed by atoms with Gasteiger partial charge < -0.3 is 15.0 Å². The van der Waals surface area contributed by atoms with Crippen molar-refractivity contribution < 1.29 is 37.1 Å². The maximum atomic E-state index is 15.4. The van der Waals surface area contributed by atoms with Crippen molar-refractivity contribution in [1.29, 1.82) is 0 Å². The lowest BCUT2D eigenvalue weighted by molar-refractivity contribution is -0.147. The third-order valence-electron chi connectivity index (χ3n) is 17.5. The van der Waals surface area contributed by atoms with Gasteiger partial charge in [0, 0.05) is 57.5 Å². The number of nitrogens with one attached hydrogen (secondary N) is 2. The Morgan fingerprint density at radius 1 is 0.869 bits per heavy atom. The standard InChI is InChI=1S/C47H75N5O8S/c1-8-33-28-45(33,42(57)49-61(58,59)51-23-14-15-24-51)30-38(54)36-29-47(44(5,6)46(47)20-16-21-46)31-52(36)41(56)34(43(2,3)4)27-37(53)39(32-17-10-9-11-18-32)48-40(55)35-19-12-13-22-50(35)25-26-60-7/h8,32-36,39H,1,9-31H2,2-7H3,(H,48,55)(H,49,57)/t33-,34-,35+,36+,39+,45-,47-/m1/s1. The van der Waals surface area contributed by atoms with Gasteiger partial charge in [0.05, 0.1) is 30.1 Å². The van der Waals surface area contributed by atoms with Gasteiger partial charge >= 0.3 is 10.2 Å². The van der Waals surface area contributed by atoms with Gasteiger partial charge in [0.2, 0.25) is 17.7 Å². The van der Waals surface area contributed by atoms with Crippen LogP contribution in [0, 0.1) is 44.8 Å². The predicted molar refractivity (Wildman–Crippen MR) is 233 cm³/mol. The Bertz CT molecular complexity index is 1830. The van der Waals surface area contributed by atoms with E-state index in [0.717, 1.165) is 90.0 Å². The number of likely N-dealkylation sites (tertiary alicyclic amines) is 2. The van der Waals surface area contributed by atoms with Gasteiger partial charge in [-0.1, -0.05) is 72.8 Å². The first-order valence-electron chi connectivity index (χ1n) is 23.6. The number of piperidine rings is 1. The van der Waals surface area contributed by atoms with E-state index < -0.39 is 44.9 Å². The largest absolute Gasteiger partial charge is 0.383 e. The van der Waals surface area contributed by atoms with Gasteiger partial charge in [0.25, 0.3) is 0 Å². The molecule has 0 aromatic carbocycles. The zero-order valence-electron chi connectivity index (χ0n) is 38.0. The molecule has 0 aromatic rings. The van der Waals surface area contributed by atoms with Crippen molar-refractivity contribution in [3.05, 3.63) is 12.7 Å². The van der Waals surface area contributed by atoms with E-state index in [2.05, 4.69) is 35.4 Å². The minimum Gasteiger partial charge on any atom is -0.383 e. The third-order valence-corrected chi connectivity index (χ3v) is 19.0. The van der Waals surface area contributed by atoms with Gasteiger partial charge in [-0.05, 0) is 98.8 Å². The number of hydrogen-bond acceptors (Lipinski definition) is 9. The second-order valence-corrected chi connectivity index (χ2v) is 23.4. The van der Waals surface area contributed by atoms with Crippen LogP contribution in [-0.4, -0.2) is 116 Å². The van der Waals surface area contributed by atoms with Crippen molar-refractivity contribution in [2.75, 3.05) is 46.4 Å². The first kappa shape index (κ1) is 46.3. The van der Waals surface area contributed by atoms with Crippen molar-refractivity contribution in [3.63, 3.8) is 0 Å². The van der Waals surface area contributed by atoms with Crippen LogP contribution in [0.4, 0.5) is 0 Å². The average Bonchev–Trinajstić information content (AvgIpc) is 3.66. The van der Waals surface area contributed by atoms with Crippen LogP contribution in [0.15, 0.2) is 12.7 Å². The molecule has 61 heavy (non-hydrogen) atoms. The molecule has 0 bridgehead atoms. The number of Topliss-reactive ketones (excluding diaryl/α,β-unsaturated/α-hetero) is 2. The number of ether oxygens (including phenoxy) is 1. The fourth-order valence-corrected chi connectivity index (χ4v) is 14.5. The fourth-order valence-electron chi connectivity index (χ4n) is 13.2. The summed E-state index contributed by atoms with van der Waals surface area (Å²) in [5.41, 5.74) is -2.27. The second-order valence-electron chi connectivity index (χ2n) is 21.7. The van der Waals surface area contributed by atoms with E-state index >= 15 is 4.79 Å². The molecular formula is C47H75N5O8S. The normalized spacial score (nSPS) is 32.2. The number of fused-ring (bicyclic) bond motifs is 1. The molecule has 13 nitrogen and oxygen atoms in total. The number of hydrogen-bond donors (Lipinski definition) is 2. The molecule has 3 saturated heterocycles. The van der Waals surface area contributed by atoms with Crippen molar-refractivity contribution in [2.45, 2.75) is 162 Å². The summed E-state index contributed by atoms with van der Waals surface area (Å²) in [5.74, 6) is -2.55. The first-order chi connectivity index (χ1) is 28.8. The van der Waals surface area contributed by atoms with Crippen LogP contribution in [0.2, 0.25) is 0 Å². The molecule has 0 radical (unpaired) electrons. The molecule has 2 N–H and O–H groups in total. The smallest absolute Gasteiger partial charge is 0.303 e. The lowest BCUT2D eigenvalue weighted by Gasteiger charge is -2.38. The van der Waals surface area contributed by atoms with Gasteiger partial charge in [-0.15, -0.1) is 6.58 Å². The molecule has 4 aliphatic carbocycles. The summed E-state index contributed by atoms with van der Waals surface area (Å²) >= 11 is 0. The number of nitrogens with zero attached hydrogens (tertiary/aromatic N) is 3. The van der Waals surface area contributed by atoms with E-state index in [1.54, 1.807) is 18.1 Å². The second kappa shape index (κ2) is 17.4. The number of rotatable bonds is 17. The maximum absolute atomic E-state index is 15.4. The fraction of sp³-hybridized carbons (Fsp3) is 0.851. The van der Waals surface area contributed by atoms with E-state index in [0.29, 0.717) is 45.6 Å². The highest BCUT2D eigenvalue weighted by Gasteiger charge is 2.85. The van der Waals surface area contributed by atoms with Gasteiger partial charge in [-0.3, -0.25) is 28.9 Å². The summed E-state index contributed by atoms with van der Waals surface area (Å²) in [5, 5.41) is 3.26. The average molecular weight is 870 g/mol.